The van der Waals surface area contributed by atoms with Crippen molar-refractivity contribution in [1.82, 2.24) is 14.3 Å². The van der Waals surface area contributed by atoms with Crippen LogP contribution in [-0.4, -0.2) is 53.6 Å². The van der Waals surface area contributed by atoms with Gasteiger partial charge in [-0.15, -0.1) is 11.3 Å². The van der Waals surface area contributed by atoms with E-state index in [0.29, 0.717) is 18.9 Å². The van der Waals surface area contributed by atoms with Gasteiger partial charge >= 0.3 is 0 Å². The highest BCUT2D eigenvalue weighted by Crippen LogP contribution is 2.31. The second kappa shape index (κ2) is 6.50. The molecule has 3 aromatic rings. The summed E-state index contributed by atoms with van der Waals surface area (Å²) in [5.74, 6) is 0.757. The Kier molecular flexibility index (Phi) is 4.19. The van der Waals surface area contributed by atoms with E-state index in [2.05, 4.69) is 4.98 Å². The van der Waals surface area contributed by atoms with Gasteiger partial charge < -0.3 is 14.4 Å². The fraction of sp³-hybridized carbons (Fsp3) is 0.333. The normalized spacial score (nSPS) is 17.1. The van der Waals surface area contributed by atoms with Crippen LogP contribution in [0.15, 0.2) is 35.8 Å². The van der Waals surface area contributed by atoms with Crippen molar-refractivity contribution >= 4 is 22.2 Å². The molecule has 0 saturated carbocycles. The smallest absolute Gasteiger partial charge is 0.271 e. The van der Waals surface area contributed by atoms with E-state index in [9.17, 15) is 4.79 Å². The Balaban J connectivity index is 1.70. The lowest BCUT2D eigenvalue weighted by atomic mass is 10.1. The number of rotatable bonds is 4. The van der Waals surface area contributed by atoms with Gasteiger partial charge in [0, 0.05) is 30.8 Å². The maximum atomic E-state index is 12.9. The Morgan fingerprint density at radius 3 is 3.04 bits per heavy atom. The van der Waals surface area contributed by atoms with Crippen LogP contribution in [0.3, 0.4) is 0 Å². The van der Waals surface area contributed by atoms with E-state index in [-0.39, 0.29) is 11.9 Å². The maximum Gasteiger partial charge on any atom is 0.271 e. The average molecular weight is 357 g/mol. The molecule has 6 nitrogen and oxygen atoms in total. The third kappa shape index (κ3) is 2.79. The van der Waals surface area contributed by atoms with Crippen molar-refractivity contribution in [2.45, 2.75) is 12.5 Å². The molecule has 0 spiro atoms. The number of benzene rings is 1. The van der Waals surface area contributed by atoms with Crippen LogP contribution in [0.1, 0.15) is 16.9 Å². The largest absolute Gasteiger partial charge is 0.496 e. The van der Waals surface area contributed by atoms with Crippen molar-refractivity contribution in [3.63, 3.8) is 0 Å². The van der Waals surface area contributed by atoms with Gasteiger partial charge in [0.05, 0.1) is 25.5 Å². The number of hydrogen-bond donors (Lipinski definition) is 0. The predicted octanol–water partition coefficient (Wildman–Crippen LogP) is 2.93. The zero-order valence-corrected chi connectivity index (χ0v) is 15.0. The molecule has 2 aromatic heterocycles. The molecule has 25 heavy (non-hydrogen) atoms. The Bertz CT molecular complexity index is 911. The number of aromatic nitrogens is 2. The second-order valence-electron chi connectivity index (χ2n) is 6.03. The summed E-state index contributed by atoms with van der Waals surface area (Å²) in [5, 5.41) is 1.86. The van der Waals surface area contributed by atoms with Crippen LogP contribution >= 0.6 is 11.3 Å². The number of para-hydroxylation sites is 1. The summed E-state index contributed by atoms with van der Waals surface area (Å²) in [7, 11) is 3.48. The molecule has 1 amide bonds. The van der Waals surface area contributed by atoms with Gasteiger partial charge in [-0.25, -0.2) is 4.98 Å². The minimum atomic E-state index is -0.00859. The van der Waals surface area contributed by atoms with Gasteiger partial charge in [-0.1, -0.05) is 12.1 Å². The summed E-state index contributed by atoms with van der Waals surface area (Å²) >= 11 is 1.46. The van der Waals surface area contributed by atoms with E-state index in [4.69, 9.17) is 9.47 Å². The number of fused-ring (bicyclic) bond motifs is 1. The fourth-order valence-electron chi connectivity index (χ4n) is 3.10. The molecule has 130 valence electrons. The van der Waals surface area contributed by atoms with Crippen molar-refractivity contribution in [3.8, 4) is 17.0 Å². The molecule has 0 aliphatic carbocycles. The molecule has 0 N–H and O–H groups in total. The predicted molar refractivity (Wildman–Crippen MR) is 96.4 cm³/mol. The summed E-state index contributed by atoms with van der Waals surface area (Å²) in [4.78, 5) is 20.1. The van der Waals surface area contributed by atoms with Crippen molar-refractivity contribution in [2.24, 2.45) is 0 Å². The van der Waals surface area contributed by atoms with Crippen LogP contribution in [0.2, 0.25) is 0 Å². The summed E-state index contributed by atoms with van der Waals surface area (Å²) in [6.45, 7) is 1.32. The fourth-order valence-corrected chi connectivity index (χ4v) is 3.94. The number of ether oxygens (including phenoxy) is 2. The molecule has 3 heterocycles. The van der Waals surface area contributed by atoms with Gasteiger partial charge in [0.2, 0.25) is 0 Å². The van der Waals surface area contributed by atoms with Gasteiger partial charge in [0.25, 0.3) is 5.91 Å². The monoisotopic (exact) mass is 357 g/mol. The lowest BCUT2D eigenvalue weighted by Crippen LogP contribution is -2.37. The SMILES string of the molecule is COc1ccccc1-c1cn2c(C(=O)N(C)C3CCOC3)csc2n1. The van der Waals surface area contributed by atoms with Crippen LogP contribution in [0.5, 0.6) is 5.75 Å². The highest BCUT2D eigenvalue weighted by Gasteiger charge is 2.27. The summed E-state index contributed by atoms with van der Waals surface area (Å²) in [6, 6.07) is 7.89. The summed E-state index contributed by atoms with van der Waals surface area (Å²) < 4.78 is 12.7. The van der Waals surface area contributed by atoms with E-state index < -0.39 is 0 Å². The Morgan fingerprint density at radius 2 is 2.28 bits per heavy atom. The molecule has 0 radical (unpaired) electrons. The quantitative estimate of drug-likeness (QED) is 0.720. The van der Waals surface area contributed by atoms with Gasteiger partial charge in [0.1, 0.15) is 11.4 Å². The van der Waals surface area contributed by atoms with Crippen LogP contribution in [0.4, 0.5) is 0 Å². The van der Waals surface area contributed by atoms with E-state index in [1.54, 1.807) is 12.0 Å². The molecule has 7 heteroatoms. The van der Waals surface area contributed by atoms with Crippen molar-refractivity contribution < 1.29 is 14.3 Å². The molecule has 1 fully saturated rings. The Morgan fingerprint density at radius 1 is 1.44 bits per heavy atom. The molecule has 1 aliphatic rings. The zero-order valence-electron chi connectivity index (χ0n) is 14.1. The van der Waals surface area contributed by atoms with Crippen LogP contribution in [0.25, 0.3) is 16.2 Å². The number of amides is 1. The van der Waals surface area contributed by atoms with E-state index in [1.807, 2.05) is 47.3 Å². The molecular weight excluding hydrogens is 338 g/mol. The third-order valence-electron chi connectivity index (χ3n) is 4.58. The number of carbonyl (C=O) groups is 1. The number of imidazole rings is 1. The summed E-state index contributed by atoms with van der Waals surface area (Å²) in [6.07, 6.45) is 2.78. The molecule has 1 atom stereocenters. The van der Waals surface area contributed by atoms with Crippen molar-refractivity contribution in [2.75, 3.05) is 27.4 Å². The van der Waals surface area contributed by atoms with Gasteiger partial charge in [-0.05, 0) is 18.6 Å². The molecule has 1 aliphatic heterocycles. The number of hydrogen-bond acceptors (Lipinski definition) is 5. The Labute approximate surface area is 149 Å². The molecule has 4 rings (SSSR count). The molecule has 1 aromatic carbocycles. The van der Waals surface area contributed by atoms with Crippen molar-refractivity contribution in [1.29, 1.82) is 0 Å². The first-order chi connectivity index (χ1) is 12.2. The number of methoxy groups -OCH3 is 1. The van der Waals surface area contributed by atoms with Gasteiger partial charge in [-0.2, -0.15) is 0 Å². The van der Waals surface area contributed by atoms with Crippen LogP contribution < -0.4 is 4.74 Å². The van der Waals surface area contributed by atoms with E-state index in [1.165, 1.54) is 11.3 Å². The third-order valence-corrected chi connectivity index (χ3v) is 5.42. The first kappa shape index (κ1) is 16.1. The minimum absolute atomic E-state index is 0.00859. The number of carbonyl (C=O) groups excluding carboxylic acids is 1. The summed E-state index contributed by atoms with van der Waals surface area (Å²) in [5.41, 5.74) is 2.34. The molecule has 1 unspecified atom stereocenters. The molecule has 1 saturated heterocycles. The van der Waals surface area contributed by atoms with Crippen LogP contribution in [-0.2, 0) is 4.74 Å². The lowest BCUT2D eigenvalue weighted by Gasteiger charge is -2.22. The lowest BCUT2D eigenvalue weighted by molar-refractivity contribution is 0.0704. The topological polar surface area (TPSA) is 56.1 Å². The second-order valence-corrected chi connectivity index (χ2v) is 6.87. The first-order valence-corrected chi connectivity index (χ1v) is 9.02. The Hall–Kier alpha value is -2.38. The highest BCUT2D eigenvalue weighted by molar-refractivity contribution is 7.15. The highest BCUT2D eigenvalue weighted by atomic mass is 32.1. The number of thiazole rings is 1. The van der Waals surface area contributed by atoms with Gasteiger partial charge in [-0.3, -0.25) is 9.20 Å². The van der Waals surface area contributed by atoms with E-state index in [0.717, 1.165) is 28.4 Å². The molecule has 0 bridgehead atoms. The minimum Gasteiger partial charge on any atom is -0.496 e. The number of likely N-dealkylation sites (N-methyl/N-ethyl adjacent to an activating group) is 1. The van der Waals surface area contributed by atoms with Crippen molar-refractivity contribution in [3.05, 3.63) is 41.5 Å². The average Bonchev–Trinajstić information content (AvgIpc) is 3.36. The molecular formula is C18H19N3O3S. The number of nitrogens with zero attached hydrogens (tertiary/aromatic N) is 3. The van der Waals surface area contributed by atoms with E-state index >= 15 is 0 Å². The maximum absolute atomic E-state index is 12.9. The standard InChI is InChI=1S/C18H19N3O3S/c1-20(12-7-8-24-10-12)17(22)15-11-25-18-19-14(9-21(15)18)13-5-3-4-6-16(13)23-2/h3-6,9,11-12H,7-8,10H2,1-2H3. The van der Waals surface area contributed by atoms with Crippen LogP contribution in [0, 0.1) is 0 Å². The first-order valence-electron chi connectivity index (χ1n) is 8.14. The van der Waals surface area contributed by atoms with Gasteiger partial charge in [0.15, 0.2) is 4.96 Å². The zero-order chi connectivity index (χ0) is 17.4.